The van der Waals surface area contributed by atoms with E-state index in [1.54, 1.807) is 6.21 Å². The number of hydrogen-bond acceptors (Lipinski definition) is 3. The minimum Gasteiger partial charge on any atom is -0.281 e. The van der Waals surface area contributed by atoms with Crippen molar-refractivity contribution in [3.05, 3.63) is 54.5 Å². The van der Waals surface area contributed by atoms with Crippen molar-refractivity contribution in [3.8, 4) is 0 Å². The molecule has 1 heterocycles. The van der Waals surface area contributed by atoms with Gasteiger partial charge in [-0.1, -0.05) is 26.8 Å². The first-order valence-corrected chi connectivity index (χ1v) is 7.89. The third-order valence-electron chi connectivity index (χ3n) is 3.63. The van der Waals surface area contributed by atoms with Crippen LogP contribution >= 0.6 is 0 Å². The molecule has 0 spiro atoms. The Morgan fingerprint density at radius 3 is 2.59 bits per heavy atom. The molecule has 0 fully saturated rings. The van der Waals surface area contributed by atoms with Crippen LogP contribution in [0.5, 0.6) is 0 Å². The predicted octanol–water partition coefficient (Wildman–Crippen LogP) is 5.18. The van der Waals surface area contributed by atoms with Gasteiger partial charge in [0.25, 0.3) is 0 Å². The topological polar surface area (TPSA) is 37.6 Å². The van der Waals surface area contributed by atoms with E-state index in [9.17, 15) is 0 Å². The minimum absolute atomic E-state index is 0.122. The highest BCUT2D eigenvalue weighted by molar-refractivity contribution is 6.03. The summed E-state index contributed by atoms with van der Waals surface area (Å²) >= 11 is 0. The molecular formula is C19H27N3. The largest absolute Gasteiger partial charge is 0.281 e. The van der Waals surface area contributed by atoms with Gasteiger partial charge in [0.05, 0.1) is 6.04 Å². The van der Waals surface area contributed by atoms with Crippen molar-refractivity contribution in [2.75, 3.05) is 0 Å². The van der Waals surface area contributed by atoms with E-state index in [0.717, 1.165) is 24.1 Å². The lowest BCUT2D eigenvalue weighted by Gasteiger charge is -2.17. The van der Waals surface area contributed by atoms with Crippen molar-refractivity contribution < 1.29 is 0 Å². The highest BCUT2D eigenvalue weighted by atomic mass is 14.8. The molecule has 3 heteroatoms. The maximum absolute atomic E-state index is 4.98. The van der Waals surface area contributed by atoms with Gasteiger partial charge in [-0.2, -0.15) is 0 Å². The van der Waals surface area contributed by atoms with Crippen LogP contribution in [0.1, 0.15) is 52.1 Å². The number of aliphatic imine (C=N–C) groups is 2. The summed E-state index contributed by atoms with van der Waals surface area (Å²) < 4.78 is 0. The van der Waals surface area contributed by atoms with E-state index in [4.69, 9.17) is 4.99 Å². The van der Waals surface area contributed by atoms with E-state index in [-0.39, 0.29) is 6.04 Å². The quantitative estimate of drug-likeness (QED) is 0.609. The average Bonchev–Trinajstić information content (AvgIpc) is 2.53. The van der Waals surface area contributed by atoms with Gasteiger partial charge in [-0.05, 0) is 55.5 Å². The zero-order chi connectivity index (χ0) is 16.4. The first-order valence-electron chi connectivity index (χ1n) is 7.89. The molecule has 0 saturated carbocycles. The number of pyridine rings is 1. The summed E-state index contributed by atoms with van der Waals surface area (Å²) in [6.07, 6.45) is 11.2. The van der Waals surface area contributed by atoms with Crippen LogP contribution in [0.15, 0.2) is 58.9 Å². The summed E-state index contributed by atoms with van der Waals surface area (Å²) in [6.45, 7) is 12.3. The van der Waals surface area contributed by atoms with Crippen LogP contribution in [0, 0.1) is 5.92 Å². The second-order valence-electron chi connectivity index (χ2n) is 5.49. The molecular weight excluding hydrogens is 270 g/mol. The van der Waals surface area contributed by atoms with Crippen molar-refractivity contribution in [1.29, 1.82) is 0 Å². The zero-order valence-corrected chi connectivity index (χ0v) is 14.2. The van der Waals surface area contributed by atoms with E-state index >= 15 is 0 Å². The summed E-state index contributed by atoms with van der Waals surface area (Å²) in [4.78, 5) is 13.1. The summed E-state index contributed by atoms with van der Waals surface area (Å²) in [7, 11) is 0. The Morgan fingerprint density at radius 2 is 2.00 bits per heavy atom. The number of rotatable bonds is 8. The fourth-order valence-corrected chi connectivity index (χ4v) is 2.41. The molecule has 0 aromatic carbocycles. The SMILES string of the molecule is C=CN=C/C=C(\C)C(=NC(C)c1ccncc1)C(C)CCC. The molecule has 0 saturated heterocycles. The summed E-state index contributed by atoms with van der Waals surface area (Å²) in [6, 6.07) is 4.17. The van der Waals surface area contributed by atoms with Crippen LogP contribution in [0.3, 0.4) is 0 Å². The monoisotopic (exact) mass is 297 g/mol. The van der Waals surface area contributed by atoms with Crippen molar-refractivity contribution in [3.63, 3.8) is 0 Å². The van der Waals surface area contributed by atoms with Crippen LogP contribution in [0.25, 0.3) is 0 Å². The molecule has 3 nitrogen and oxygen atoms in total. The van der Waals surface area contributed by atoms with Gasteiger partial charge in [-0.15, -0.1) is 0 Å². The first-order chi connectivity index (χ1) is 10.6. The Bertz CT molecular complexity index is 541. The molecule has 0 aliphatic heterocycles. The lowest BCUT2D eigenvalue weighted by Crippen LogP contribution is -2.14. The van der Waals surface area contributed by atoms with Crippen LogP contribution in [-0.2, 0) is 0 Å². The lowest BCUT2D eigenvalue weighted by molar-refractivity contribution is 0.656. The molecule has 0 N–H and O–H groups in total. The van der Waals surface area contributed by atoms with Crippen LogP contribution in [0.4, 0.5) is 0 Å². The van der Waals surface area contributed by atoms with E-state index in [2.05, 4.69) is 44.3 Å². The highest BCUT2D eigenvalue weighted by Gasteiger charge is 2.14. The Labute approximate surface area is 134 Å². The Hall–Kier alpha value is -2.03. The van der Waals surface area contributed by atoms with Gasteiger partial charge in [0.15, 0.2) is 0 Å². The third-order valence-corrected chi connectivity index (χ3v) is 3.63. The van der Waals surface area contributed by atoms with E-state index in [0.29, 0.717) is 5.92 Å². The summed E-state index contributed by atoms with van der Waals surface area (Å²) in [5.41, 5.74) is 3.50. The highest BCUT2D eigenvalue weighted by Crippen LogP contribution is 2.21. The minimum atomic E-state index is 0.122. The number of hydrogen-bond donors (Lipinski definition) is 0. The molecule has 2 unspecified atom stereocenters. The maximum atomic E-state index is 4.98. The molecule has 0 aliphatic rings. The van der Waals surface area contributed by atoms with Crippen LogP contribution < -0.4 is 0 Å². The second-order valence-corrected chi connectivity index (χ2v) is 5.49. The van der Waals surface area contributed by atoms with E-state index in [1.807, 2.05) is 30.6 Å². The summed E-state index contributed by atoms with van der Waals surface area (Å²) in [5.74, 6) is 0.433. The van der Waals surface area contributed by atoms with Crippen molar-refractivity contribution in [2.45, 2.75) is 46.6 Å². The normalized spacial score (nSPS) is 15.8. The van der Waals surface area contributed by atoms with Gasteiger partial charge in [-0.25, -0.2) is 0 Å². The van der Waals surface area contributed by atoms with E-state index in [1.165, 1.54) is 11.8 Å². The Balaban J connectivity index is 3.08. The van der Waals surface area contributed by atoms with E-state index < -0.39 is 0 Å². The Morgan fingerprint density at radius 1 is 1.32 bits per heavy atom. The fraction of sp³-hybridized carbons (Fsp3) is 0.421. The molecule has 1 aromatic heterocycles. The van der Waals surface area contributed by atoms with Crippen molar-refractivity contribution in [1.82, 2.24) is 4.98 Å². The number of nitrogens with zero attached hydrogens (tertiary/aromatic N) is 3. The number of allylic oxidation sites excluding steroid dienone is 2. The fourth-order valence-electron chi connectivity index (χ4n) is 2.41. The summed E-state index contributed by atoms with van der Waals surface area (Å²) in [5, 5.41) is 0. The molecule has 0 radical (unpaired) electrons. The Kier molecular flexibility index (Phi) is 8.05. The zero-order valence-electron chi connectivity index (χ0n) is 14.2. The molecule has 0 bridgehead atoms. The standard InChI is InChI=1S/C19H27N3/c1-6-8-15(3)19(16(4)9-12-20-7-2)22-17(5)18-10-13-21-14-11-18/h7,9-15,17H,2,6,8H2,1,3-5H3/b16-9+,20-12?,22-19?. The molecule has 0 aliphatic carbocycles. The van der Waals surface area contributed by atoms with Crippen molar-refractivity contribution >= 4 is 11.9 Å². The second kappa shape index (κ2) is 9.82. The van der Waals surface area contributed by atoms with Crippen molar-refractivity contribution in [2.24, 2.45) is 15.9 Å². The third kappa shape index (κ3) is 5.76. The smallest absolute Gasteiger partial charge is 0.0725 e. The maximum Gasteiger partial charge on any atom is 0.0725 e. The van der Waals surface area contributed by atoms with Gasteiger partial charge >= 0.3 is 0 Å². The van der Waals surface area contributed by atoms with Gasteiger partial charge in [0.2, 0.25) is 0 Å². The molecule has 1 rings (SSSR count). The van der Waals surface area contributed by atoms with Crippen LogP contribution in [-0.4, -0.2) is 16.9 Å². The van der Waals surface area contributed by atoms with Gasteiger partial charge in [0.1, 0.15) is 0 Å². The molecule has 118 valence electrons. The average molecular weight is 297 g/mol. The van der Waals surface area contributed by atoms with Gasteiger partial charge in [-0.3, -0.25) is 15.0 Å². The molecule has 1 aromatic rings. The molecule has 22 heavy (non-hydrogen) atoms. The molecule has 2 atom stereocenters. The van der Waals surface area contributed by atoms with Gasteiger partial charge in [0, 0.05) is 30.5 Å². The van der Waals surface area contributed by atoms with Gasteiger partial charge < -0.3 is 0 Å². The lowest BCUT2D eigenvalue weighted by atomic mass is 9.94. The number of aromatic nitrogens is 1. The first kappa shape index (κ1) is 18.0. The molecule has 0 amide bonds. The predicted molar refractivity (Wildman–Crippen MR) is 96.6 cm³/mol. The van der Waals surface area contributed by atoms with Crippen LogP contribution in [0.2, 0.25) is 0 Å².